The molecule has 1 heterocycles. The van der Waals surface area contributed by atoms with Crippen LogP contribution < -0.4 is 15.0 Å². The van der Waals surface area contributed by atoms with Gasteiger partial charge >= 0.3 is 0 Å². The van der Waals surface area contributed by atoms with E-state index in [0.717, 1.165) is 30.8 Å². The number of ether oxygens (including phenoxy) is 1. The lowest BCUT2D eigenvalue weighted by atomic mass is 10.1. The zero-order chi connectivity index (χ0) is 13.1. The molecule has 4 nitrogen and oxygen atoms in total. The van der Waals surface area contributed by atoms with E-state index in [1.807, 2.05) is 18.2 Å². The quantitative estimate of drug-likeness (QED) is 0.827. The first-order valence-corrected chi connectivity index (χ1v) is 6.29. The van der Waals surface area contributed by atoms with Crippen LogP contribution in [0.2, 0.25) is 0 Å². The Bertz CT molecular complexity index is 424. The average molecular weight is 248 g/mol. The van der Waals surface area contributed by atoms with Crippen LogP contribution in [-0.4, -0.2) is 38.6 Å². The third kappa shape index (κ3) is 2.48. The van der Waals surface area contributed by atoms with Gasteiger partial charge in [0.25, 0.3) is 0 Å². The van der Waals surface area contributed by atoms with E-state index in [1.165, 1.54) is 0 Å². The van der Waals surface area contributed by atoms with Crippen molar-refractivity contribution in [1.82, 2.24) is 5.32 Å². The number of methoxy groups -OCH3 is 1. The highest BCUT2D eigenvalue weighted by Gasteiger charge is 2.25. The molecule has 98 valence electrons. The highest BCUT2D eigenvalue weighted by molar-refractivity contribution is 5.87. The van der Waals surface area contributed by atoms with E-state index in [-0.39, 0.29) is 0 Å². The Morgan fingerprint density at radius 2 is 2.00 bits per heavy atom. The number of rotatable bonds is 3. The maximum absolute atomic E-state index is 11.2. The lowest BCUT2D eigenvalue weighted by Crippen LogP contribution is -2.54. The minimum atomic E-state index is 0.401. The number of carbonyl (C=O) groups excluding carboxylic acids is 1. The topological polar surface area (TPSA) is 41.6 Å². The molecule has 2 atom stereocenters. The molecule has 18 heavy (non-hydrogen) atoms. The van der Waals surface area contributed by atoms with Gasteiger partial charge in [-0.15, -0.1) is 0 Å². The fourth-order valence-electron chi connectivity index (χ4n) is 2.65. The number of anilines is 1. The number of piperazine rings is 1. The molecular weight excluding hydrogens is 228 g/mol. The van der Waals surface area contributed by atoms with Crippen LogP contribution >= 0.6 is 0 Å². The molecular formula is C14H20N2O2. The molecule has 0 aliphatic carbocycles. The van der Waals surface area contributed by atoms with E-state index in [4.69, 9.17) is 4.74 Å². The van der Waals surface area contributed by atoms with Crippen molar-refractivity contribution >= 4 is 12.0 Å². The monoisotopic (exact) mass is 248 g/mol. The summed E-state index contributed by atoms with van der Waals surface area (Å²) in [7, 11) is 1.64. The zero-order valence-corrected chi connectivity index (χ0v) is 11.1. The van der Waals surface area contributed by atoms with Gasteiger partial charge in [0.15, 0.2) is 6.29 Å². The number of nitrogens with zero attached hydrogens (tertiary/aromatic N) is 1. The molecule has 2 rings (SSSR count). The number of benzene rings is 1. The highest BCUT2D eigenvalue weighted by atomic mass is 16.5. The Hall–Kier alpha value is -1.55. The van der Waals surface area contributed by atoms with Gasteiger partial charge in [-0.25, -0.2) is 0 Å². The molecule has 2 unspecified atom stereocenters. The van der Waals surface area contributed by atoms with Crippen molar-refractivity contribution in [3.05, 3.63) is 23.8 Å². The third-order valence-electron chi connectivity index (χ3n) is 3.25. The van der Waals surface area contributed by atoms with E-state index < -0.39 is 0 Å². The first kappa shape index (κ1) is 12.9. The van der Waals surface area contributed by atoms with Gasteiger partial charge in [0.1, 0.15) is 5.75 Å². The molecule has 1 aromatic rings. The molecule has 1 aromatic carbocycles. The highest BCUT2D eigenvalue weighted by Crippen LogP contribution is 2.32. The summed E-state index contributed by atoms with van der Waals surface area (Å²) < 4.78 is 5.39. The largest absolute Gasteiger partial charge is 0.495 e. The van der Waals surface area contributed by atoms with Crippen LogP contribution in [-0.2, 0) is 0 Å². The second-order valence-electron chi connectivity index (χ2n) is 4.89. The Labute approximate surface area is 108 Å². The summed E-state index contributed by atoms with van der Waals surface area (Å²) in [5, 5.41) is 3.48. The standard InChI is InChI=1S/C14H20N2O2/c1-10-7-16(8-11(2)15-10)14-12(9-17)5-4-6-13(14)18-3/h4-6,9-11,15H,7-8H2,1-3H3. The van der Waals surface area contributed by atoms with Crippen molar-refractivity contribution in [3.8, 4) is 5.75 Å². The van der Waals surface area contributed by atoms with Crippen molar-refractivity contribution in [2.24, 2.45) is 0 Å². The summed E-state index contributed by atoms with van der Waals surface area (Å²) in [4.78, 5) is 13.4. The molecule has 1 fully saturated rings. The molecule has 1 saturated heterocycles. The Morgan fingerprint density at radius 3 is 2.56 bits per heavy atom. The normalized spacial score (nSPS) is 23.8. The van der Waals surface area contributed by atoms with Crippen LogP contribution in [0.4, 0.5) is 5.69 Å². The van der Waals surface area contributed by atoms with Gasteiger partial charge in [-0.2, -0.15) is 0 Å². The second kappa shape index (κ2) is 5.40. The number of nitrogens with one attached hydrogen (secondary N) is 1. The van der Waals surface area contributed by atoms with Crippen molar-refractivity contribution in [2.75, 3.05) is 25.1 Å². The van der Waals surface area contributed by atoms with Crippen LogP contribution in [0.15, 0.2) is 18.2 Å². The van der Waals surface area contributed by atoms with E-state index in [0.29, 0.717) is 17.6 Å². The fourth-order valence-corrected chi connectivity index (χ4v) is 2.65. The molecule has 0 radical (unpaired) electrons. The summed E-state index contributed by atoms with van der Waals surface area (Å²) in [6, 6.07) is 6.39. The molecule has 0 spiro atoms. The van der Waals surface area contributed by atoms with Gasteiger partial charge in [0.05, 0.1) is 12.8 Å². The molecule has 0 bridgehead atoms. The van der Waals surface area contributed by atoms with Crippen molar-refractivity contribution in [1.29, 1.82) is 0 Å². The first-order valence-electron chi connectivity index (χ1n) is 6.29. The summed E-state index contributed by atoms with van der Waals surface area (Å²) in [6.45, 7) is 6.06. The van der Waals surface area contributed by atoms with E-state index in [2.05, 4.69) is 24.1 Å². The maximum atomic E-state index is 11.2. The van der Waals surface area contributed by atoms with E-state index >= 15 is 0 Å². The van der Waals surface area contributed by atoms with Crippen LogP contribution in [0.1, 0.15) is 24.2 Å². The minimum Gasteiger partial charge on any atom is -0.495 e. The molecule has 1 aliphatic heterocycles. The predicted octanol–water partition coefficient (Wildman–Crippen LogP) is 1.69. The smallest absolute Gasteiger partial charge is 0.152 e. The van der Waals surface area contributed by atoms with Gasteiger partial charge in [-0.05, 0) is 26.0 Å². The van der Waals surface area contributed by atoms with Crippen LogP contribution in [0.5, 0.6) is 5.75 Å². The number of aldehydes is 1. The van der Waals surface area contributed by atoms with Gasteiger partial charge in [-0.3, -0.25) is 4.79 Å². The lowest BCUT2D eigenvalue weighted by Gasteiger charge is -2.38. The van der Waals surface area contributed by atoms with Crippen molar-refractivity contribution in [2.45, 2.75) is 25.9 Å². The summed E-state index contributed by atoms with van der Waals surface area (Å²) in [5.74, 6) is 0.765. The molecule has 0 amide bonds. The van der Waals surface area contributed by atoms with E-state index in [9.17, 15) is 4.79 Å². The lowest BCUT2D eigenvalue weighted by molar-refractivity contribution is 0.112. The predicted molar refractivity (Wildman–Crippen MR) is 72.7 cm³/mol. The zero-order valence-electron chi connectivity index (χ0n) is 11.1. The van der Waals surface area contributed by atoms with Crippen LogP contribution in [0, 0.1) is 0 Å². The Morgan fingerprint density at radius 1 is 1.33 bits per heavy atom. The van der Waals surface area contributed by atoms with Crippen LogP contribution in [0.25, 0.3) is 0 Å². The molecule has 0 aromatic heterocycles. The SMILES string of the molecule is COc1cccc(C=O)c1N1CC(C)NC(C)C1. The fraction of sp³-hybridized carbons (Fsp3) is 0.500. The summed E-state index contributed by atoms with van der Waals surface area (Å²) >= 11 is 0. The van der Waals surface area contributed by atoms with Crippen molar-refractivity contribution < 1.29 is 9.53 Å². The third-order valence-corrected chi connectivity index (χ3v) is 3.25. The molecule has 4 heteroatoms. The first-order chi connectivity index (χ1) is 8.65. The van der Waals surface area contributed by atoms with Gasteiger partial charge in [-0.1, -0.05) is 6.07 Å². The molecule has 0 saturated carbocycles. The number of hydrogen-bond acceptors (Lipinski definition) is 4. The summed E-state index contributed by atoms with van der Waals surface area (Å²) in [5.41, 5.74) is 1.60. The van der Waals surface area contributed by atoms with Gasteiger partial charge in [0, 0.05) is 30.7 Å². The Balaban J connectivity index is 2.39. The number of para-hydroxylation sites is 1. The number of carbonyl (C=O) groups is 1. The van der Waals surface area contributed by atoms with Crippen LogP contribution in [0.3, 0.4) is 0 Å². The number of hydrogen-bond donors (Lipinski definition) is 1. The van der Waals surface area contributed by atoms with Gasteiger partial charge < -0.3 is 15.0 Å². The molecule has 1 N–H and O–H groups in total. The summed E-state index contributed by atoms with van der Waals surface area (Å²) in [6.07, 6.45) is 0.898. The average Bonchev–Trinajstić information content (AvgIpc) is 2.36. The molecule has 1 aliphatic rings. The Kier molecular flexibility index (Phi) is 3.87. The minimum absolute atomic E-state index is 0.401. The van der Waals surface area contributed by atoms with E-state index in [1.54, 1.807) is 7.11 Å². The van der Waals surface area contributed by atoms with Crippen molar-refractivity contribution in [3.63, 3.8) is 0 Å². The maximum Gasteiger partial charge on any atom is 0.152 e. The second-order valence-corrected chi connectivity index (χ2v) is 4.89. The van der Waals surface area contributed by atoms with Gasteiger partial charge in [0.2, 0.25) is 0 Å².